The average Bonchev–Trinajstić information content (AvgIpc) is 3.04. The van der Waals surface area contributed by atoms with Gasteiger partial charge in [0.1, 0.15) is 5.75 Å². The highest BCUT2D eigenvalue weighted by molar-refractivity contribution is 5.77. The quantitative estimate of drug-likeness (QED) is 0.774. The maximum atomic E-state index is 11.8. The van der Waals surface area contributed by atoms with Gasteiger partial charge in [-0.3, -0.25) is 9.59 Å². The van der Waals surface area contributed by atoms with Crippen LogP contribution in [0.25, 0.3) is 5.69 Å². The van der Waals surface area contributed by atoms with E-state index in [0.29, 0.717) is 6.42 Å². The predicted octanol–water partition coefficient (Wildman–Crippen LogP) is 2.31. The molecule has 0 radical (unpaired) electrons. The van der Waals surface area contributed by atoms with Crippen molar-refractivity contribution in [2.24, 2.45) is 0 Å². The summed E-state index contributed by atoms with van der Waals surface area (Å²) in [6.45, 7) is 1.87. The van der Waals surface area contributed by atoms with E-state index in [1.165, 1.54) is 0 Å². The van der Waals surface area contributed by atoms with E-state index in [4.69, 9.17) is 9.84 Å². The second kappa shape index (κ2) is 8.14. The van der Waals surface area contributed by atoms with Gasteiger partial charge in [-0.25, -0.2) is 4.68 Å². The second-order valence-electron chi connectivity index (χ2n) is 5.45. The third kappa shape index (κ3) is 4.84. The summed E-state index contributed by atoms with van der Waals surface area (Å²) in [5, 5.41) is 15.7. The number of aromatic nitrogens is 2. The number of nitrogens with zero attached hydrogens (tertiary/aromatic N) is 2. The Morgan fingerprint density at radius 3 is 2.62 bits per heavy atom. The molecule has 24 heavy (non-hydrogen) atoms. The molecule has 0 aliphatic carbocycles. The van der Waals surface area contributed by atoms with Crippen molar-refractivity contribution in [3.8, 4) is 11.4 Å². The molecule has 2 N–H and O–H groups in total. The standard InChI is InChI=1S/C17H21N3O4/c1-12(19-16(21)4-3-5-17(22)23)13-10-18-20(11-13)14-6-8-15(24-2)9-7-14/h6-12H,3-5H2,1-2H3,(H,19,21)(H,22,23). The van der Waals surface area contributed by atoms with E-state index in [1.807, 2.05) is 37.4 Å². The Balaban J connectivity index is 1.93. The first-order valence-corrected chi connectivity index (χ1v) is 7.69. The molecule has 1 amide bonds. The molecule has 0 saturated heterocycles. The first kappa shape index (κ1) is 17.5. The van der Waals surface area contributed by atoms with Gasteiger partial charge in [0.2, 0.25) is 5.91 Å². The lowest BCUT2D eigenvalue weighted by atomic mass is 10.1. The lowest BCUT2D eigenvalue weighted by molar-refractivity contribution is -0.137. The Bertz CT molecular complexity index is 694. The van der Waals surface area contributed by atoms with Gasteiger partial charge in [-0.05, 0) is 37.6 Å². The highest BCUT2D eigenvalue weighted by Crippen LogP contribution is 2.17. The monoisotopic (exact) mass is 331 g/mol. The minimum Gasteiger partial charge on any atom is -0.497 e. The van der Waals surface area contributed by atoms with Crippen molar-refractivity contribution in [3.63, 3.8) is 0 Å². The predicted molar refractivity (Wildman–Crippen MR) is 88.2 cm³/mol. The SMILES string of the molecule is COc1ccc(-n2cc(C(C)NC(=O)CCCC(=O)O)cn2)cc1. The summed E-state index contributed by atoms with van der Waals surface area (Å²) in [6.07, 6.45) is 4.08. The summed E-state index contributed by atoms with van der Waals surface area (Å²) in [6, 6.07) is 7.29. The summed E-state index contributed by atoms with van der Waals surface area (Å²) in [5.74, 6) is -0.286. The van der Waals surface area contributed by atoms with E-state index in [1.54, 1.807) is 18.0 Å². The minimum absolute atomic E-state index is 0.00277. The fraction of sp³-hybridized carbons (Fsp3) is 0.353. The normalized spacial score (nSPS) is 11.8. The maximum absolute atomic E-state index is 11.8. The zero-order valence-electron chi connectivity index (χ0n) is 13.7. The van der Waals surface area contributed by atoms with Crippen molar-refractivity contribution in [1.29, 1.82) is 0 Å². The van der Waals surface area contributed by atoms with Crippen LogP contribution in [0.4, 0.5) is 0 Å². The van der Waals surface area contributed by atoms with Gasteiger partial charge in [0.25, 0.3) is 0 Å². The summed E-state index contributed by atoms with van der Waals surface area (Å²) >= 11 is 0. The minimum atomic E-state index is -0.892. The molecule has 7 heteroatoms. The van der Waals surface area contributed by atoms with Crippen molar-refractivity contribution < 1.29 is 19.4 Å². The summed E-state index contributed by atoms with van der Waals surface area (Å²) in [4.78, 5) is 22.3. The van der Waals surface area contributed by atoms with Gasteiger partial charge >= 0.3 is 5.97 Å². The van der Waals surface area contributed by atoms with Crippen LogP contribution in [-0.4, -0.2) is 33.9 Å². The molecular weight excluding hydrogens is 310 g/mol. The molecule has 128 valence electrons. The smallest absolute Gasteiger partial charge is 0.303 e. The van der Waals surface area contributed by atoms with Crippen LogP contribution >= 0.6 is 0 Å². The van der Waals surface area contributed by atoms with Crippen LogP contribution in [0.2, 0.25) is 0 Å². The average molecular weight is 331 g/mol. The van der Waals surface area contributed by atoms with Crippen LogP contribution in [0.1, 0.15) is 37.8 Å². The number of nitrogens with one attached hydrogen (secondary N) is 1. The Morgan fingerprint density at radius 1 is 1.29 bits per heavy atom. The third-order valence-corrected chi connectivity index (χ3v) is 3.61. The highest BCUT2D eigenvalue weighted by atomic mass is 16.5. The highest BCUT2D eigenvalue weighted by Gasteiger charge is 2.12. The van der Waals surface area contributed by atoms with Crippen LogP contribution in [0, 0.1) is 0 Å². The maximum Gasteiger partial charge on any atom is 0.303 e. The van der Waals surface area contributed by atoms with Crippen LogP contribution in [-0.2, 0) is 9.59 Å². The molecule has 2 rings (SSSR count). The first-order valence-electron chi connectivity index (χ1n) is 7.69. The molecule has 0 aliphatic heterocycles. The van der Waals surface area contributed by atoms with Gasteiger partial charge in [-0.1, -0.05) is 0 Å². The molecule has 0 spiro atoms. The number of carbonyl (C=O) groups excluding carboxylic acids is 1. The van der Waals surface area contributed by atoms with Gasteiger partial charge in [-0.2, -0.15) is 5.10 Å². The van der Waals surface area contributed by atoms with Crippen LogP contribution < -0.4 is 10.1 Å². The molecule has 1 heterocycles. The van der Waals surface area contributed by atoms with E-state index >= 15 is 0 Å². The lowest BCUT2D eigenvalue weighted by Gasteiger charge is -2.11. The lowest BCUT2D eigenvalue weighted by Crippen LogP contribution is -2.26. The van der Waals surface area contributed by atoms with Crippen LogP contribution in [0.3, 0.4) is 0 Å². The van der Waals surface area contributed by atoms with Crippen LogP contribution in [0.15, 0.2) is 36.7 Å². The molecule has 0 bridgehead atoms. The number of carbonyl (C=O) groups is 2. The summed E-state index contributed by atoms with van der Waals surface area (Å²) < 4.78 is 6.85. The number of hydrogen-bond donors (Lipinski definition) is 2. The number of amides is 1. The Hall–Kier alpha value is -2.83. The molecule has 0 saturated carbocycles. The zero-order chi connectivity index (χ0) is 17.5. The molecule has 1 atom stereocenters. The molecule has 0 fully saturated rings. The zero-order valence-corrected chi connectivity index (χ0v) is 13.7. The molecule has 0 aliphatic rings. The molecule has 1 unspecified atom stereocenters. The fourth-order valence-electron chi connectivity index (χ4n) is 2.23. The topological polar surface area (TPSA) is 93.5 Å². The second-order valence-corrected chi connectivity index (χ2v) is 5.45. The number of rotatable bonds is 8. The van der Waals surface area contributed by atoms with Gasteiger partial charge in [0.05, 0.1) is 25.0 Å². The van der Waals surface area contributed by atoms with Gasteiger partial charge < -0.3 is 15.2 Å². The fourth-order valence-corrected chi connectivity index (χ4v) is 2.23. The summed E-state index contributed by atoms with van der Waals surface area (Å²) in [5.41, 5.74) is 1.76. The molecule has 7 nitrogen and oxygen atoms in total. The number of methoxy groups -OCH3 is 1. The number of aliphatic carboxylic acids is 1. The third-order valence-electron chi connectivity index (χ3n) is 3.61. The van der Waals surface area contributed by atoms with E-state index < -0.39 is 5.97 Å². The largest absolute Gasteiger partial charge is 0.497 e. The molecule has 1 aromatic carbocycles. The van der Waals surface area contributed by atoms with E-state index in [-0.39, 0.29) is 24.8 Å². The summed E-state index contributed by atoms with van der Waals surface area (Å²) in [7, 11) is 1.61. The van der Waals surface area contributed by atoms with Crippen molar-refractivity contribution in [2.45, 2.75) is 32.2 Å². The number of carboxylic acids is 1. The van der Waals surface area contributed by atoms with E-state index in [2.05, 4.69) is 10.4 Å². The van der Waals surface area contributed by atoms with Crippen molar-refractivity contribution in [3.05, 3.63) is 42.2 Å². The van der Waals surface area contributed by atoms with Crippen molar-refractivity contribution in [2.75, 3.05) is 7.11 Å². The van der Waals surface area contributed by atoms with E-state index in [9.17, 15) is 9.59 Å². The molecule has 2 aromatic rings. The van der Waals surface area contributed by atoms with Crippen molar-refractivity contribution in [1.82, 2.24) is 15.1 Å². The Kier molecular flexibility index (Phi) is 5.95. The number of carboxylic acid groups (broad SMARTS) is 1. The Morgan fingerprint density at radius 2 is 2.00 bits per heavy atom. The van der Waals surface area contributed by atoms with Crippen LogP contribution in [0.5, 0.6) is 5.75 Å². The van der Waals surface area contributed by atoms with Gasteiger partial charge in [-0.15, -0.1) is 0 Å². The number of ether oxygens (including phenoxy) is 1. The van der Waals surface area contributed by atoms with E-state index in [0.717, 1.165) is 17.0 Å². The molecular formula is C17H21N3O4. The Labute approximate surface area is 140 Å². The first-order chi connectivity index (χ1) is 11.5. The van der Waals surface area contributed by atoms with Crippen molar-refractivity contribution >= 4 is 11.9 Å². The molecule has 1 aromatic heterocycles. The van der Waals surface area contributed by atoms with Gasteiger partial charge in [0, 0.05) is 24.6 Å². The van der Waals surface area contributed by atoms with Gasteiger partial charge in [0.15, 0.2) is 0 Å². The number of hydrogen-bond acceptors (Lipinski definition) is 4. The number of benzene rings is 1.